The summed E-state index contributed by atoms with van der Waals surface area (Å²) in [6, 6.07) is 17.1. The van der Waals surface area contributed by atoms with Gasteiger partial charge in [-0.3, -0.25) is 14.5 Å². The van der Waals surface area contributed by atoms with Gasteiger partial charge in [0.25, 0.3) is 11.7 Å². The van der Waals surface area contributed by atoms with Crippen LogP contribution in [0.15, 0.2) is 78.5 Å². The molecule has 1 aliphatic heterocycles. The Kier molecular flexibility index (Phi) is 5.61. The number of H-pyrrole nitrogens is 1. The van der Waals surface area contributed by atoms with Crippen LogP contribution in [0.4, 0.5) is 10.1 Å². The molecule has 1 fully saturated rings. The number of carbonyl (C=O) groups excluding carboxylic acids is 2. The first kappa shape index (κ1) is 22.4. The molecule has 2 heterocycles. The van der Waals surface area contributed by atoms with Gasteiger partial charge in [-0.05, 0) is 61.9 Å². The fraction of sp³-hybridized carbons (Fsp3) is 0.143. The van der Waals surface area contributed by atoms with E-state index in [0.717, 1.165) is 16.5 Å². The largest absolute Gasteiger partial charge is 0.507 e. The molecule has 1 aromatic heterocycles. The van der Waals surface area contributed by atoms with E-state index in [1.54, 1.807) is 30.5 Å². The number of nitrogens with one attached hydrogen (secondary N) is 1. The molecule has 176 valence electrons. The third-order valence-electron chi connectivity index (χ3n) is 6.19. The van der Waals surface area contributed by atoms with Crippen LogP contribution in [0.2, 0.25) is 0 Å². The van der Waals surface area contributed by atoms with Crippen LogP contribution in [0, 0.1) is 12.7 Å². The van der Waals surface area contributed by atoms with Crippen LogP contribution in [0.25, 0.3) is 16.7 Å². The lowest BCUT2D eigenvalue weighted by molar-refractivity contribution is -0.132. The molecule has 1 unspecified atom stereocenters. The number of hydrogen-bond acceptors (Lipinski definition) is 4. The lowest BCUT2D eigenvalue weighted by Gasteiger charge is -2.25. The van der Waals surface area contributed by atoms with Gasteiger partial charge >= 0.3 is 0 Å². The number of aliphatic hydroxyl groups is 1. The molecule has 35 heavy (non-hydrogen) atoms. The number of amides is 1. The molecule has 7 heteroatoms. The number of carbonyl (C=O) groups is 2. The van der Waals surface area contributed by atoms with E-state index in [9.17, 15) is 19.1 Å². The summed E-state index contributed by atoms with van der Waals surface area (Å²) >= 11 is 0. The third kappa shape index (κ3) is 3.75. The number of hydrogen-bond donors (Lipinski definition) is 2. The maximum atomic E-state index is 14.1. The van der Waals surface area contributed by atoms with Crippen molar-refractivity contribution in [3.05, 3.63) is 101 Å². The van der Waals surface area contributed by atoms with Crippen molar-refractivity contribution in [1.29, 1.82) is 0 Å². The van der Waals surface area contributed by atoms with Crippen molar-refractivity contribution < 1.29 is 23.8 Å². The zero-order chi connectivity index (χ0) is 24.7. The van der Waals surface area contributed by atoms with Gasteiger partial charge in [0.05, 0.1) is 18.2 Å². The number of halogens is 1. The maximum Gasteiger partial charge on any atom is 0.300 e. The molecule has 0 aliphatic carbocycles. The van der Waals surface area contributed by atoms with Gasteiger partial charge in [0.15, 0.2) is 0 Å². The molecule has 0 saturated carbocycles. The van der Waals surface area contributed by atoms with Gasteiger partial charge < -0.3 is 14.8 Å². The van der Waals surface area contributed by atoms with E-state index in [1.165, 1.54) is 23.1 Å². The average molecular weight is 471 g/mol. The van der Waals surface area contributed by atoms with Crippen molar-refractivity contribution in [1.82, 2.24) is 4.98 Å². The molecule has 1 saturated heterocycles. The molecule has 0 spiro atoms. The number of fused-ring (bicyclic) bond motifs is 1. The van der Waals surface area contributed by atoms with E-state index in [2.05, 4.69) is 4.98 Å². The third-order valence-corrected chi connectivity index (χ3v) is 6.19. The molecule has 6 nitrogen and oxygen atoms in total. The van der Waals surface area contributed by atoms with Gasteiger partial charge in [-0.25, -0.2) is 4.39 Å². The van der Waals surface area contributed by atoms with E-state index >= 15 is 0 Å². The van der Waals surface area contributed by atoms with Crippen LogP contribution in [0.1, 0.15) is 29.7 Å². The number of nitrogens with zero attached hydrogens (tertiary/aromatic N) is 1. The zero-order valence-electron chi connectivity index (χ0n) is 19.2. The predicted molar refractivity (Wildman–Crippen MR) is 132 cm³/mol. The number of ketones is 1. The van der Waals surface area contributed by atoms with Crippen LogP contribution >= 0.6 is 0 Å². The molecule has 1 amide bonds. The fourth-order valence-corrected chi connectivity index (χ4v) is 4.61. The number of aliphatic hydroxyl groups excluding tert-OH is 1. The number of benzene rings is 3. The molecule has 4 aromatic rings. The first-order valence-corrected chi connectivity index (χ1v) is 11.3. The van der Waals surface area contributed by atoms with Crippen LogP contribution in [0.3, 0.4) is 0 Å². The van der Waals surface area contributed by atoms with Gasteiger partial charge in [0.1, 0.15) is 17.3 Å². The number of anilines is 1. The summed E-state index contributed by atoms with van der Waals surface area (Å²) in [7, 11) is 0. The van der Waals surface area contributed by atoms with Crippen molar-refractivity contribution in [3.63, 3.8) is 0 Å². The predicted octanol–water partition coefficient (Wildman–Crippen LogP) is 5.64. The quantitative estimate of drug-likeness (QED) is 0.225. The molecule has 0 bridgehead atoms. The van der Waals surface area contributed by atoms with Gasteiger partial charge in [0, 0.05) is 33.9 Å². The normalized spacial score (nSPS) is 17.3. The van der Waals surface area contributed by atoms with E-state index in [-0.39, 0.29) is 17.0 Å². The van der Waals surface area contributed by atoms with E-state index in [0.29, 0.717) is 23.5 Å². The summed E-state index contributed by atoms with van der Waals surface area (Å²) in [5.74, 6) is -1.85. The second-order valence-corrected chi connectivity index (χ2v) is 8.35. The summed E-state index contributed by atoms with van der Waals surface area (Å²) < 4.78 is 19.7. The molecule has 1 atom stereocenters. The Morgan fingerprint density at radius 1 is 1.09 bits per heavy atom. The van der Waals surface area contributed by atoms with E-state index in [1.807, 2.05) is 38.1 Å². The maximum absolute atomic E-state index is 14.1. The lowest BCUT2D eigenvalue weighted by Crippen LogP contribution is -2.29. The zero-order valence-corrected chi connectivity index (χ0v) is 19.2. The highest BCUT2D eigenvalue weighted by atomic mass is 19.1. The van der Waals surface area contributed by atoms with Crippen LogP contribution in [-0.2, 0) is 9.59 Å². The highest BCUT2D eigenvalue weighted by Gasteiger charge is 2.47. The van der Waals surface area contributed by atoms with E-state index < -0.39 is 23.5 Å². The Morgan fingerprint density at radius 2 is 1.89 bits per heavy atom. The summed E-state index contributed by atoms with van der Waals surface area (Å²) in [5.41, 5.74) is 2.75. The summed E-state index contributed by atoms with van der Waals surface area (Å²) in [4.78, 5) is 31.0. The summed E-state index contributed by atoms with van der Waals surface area (Å²) in [6.07, 6.45) is 1.71. The number of aromatic nitrogens is 1. The molecule has 0 radical (unpaired) electrons. The lowest BCUT2D eigenvalue weighted by atomic mass is 9.94. The van der Waals surface area contributed by atoms with Crippen molar-refractivity contribution in [2.24, 2.45) is 0 Å². The van der Waals surface area contributed by atoms with Crippen molar-refractivity contribution >= 4 is 34.0 Å². The van der Waals surface area contributed by atoms with Crippen LogP contribution in [-0.4, -0.2) is 28.4 Å². The Bertz CT molecular complexity index is 1500. The van der Waals surface area contributed by atoms with Gasteiger partial charge in [0.2, 0.25) is 0 Å². The van der Waals surface area contributed by atoms with E-state index in [4.69, 9.17) is 4.74 Å². The van der Waals surface area contributed by atoms with Gasteiger partial charge in [-0.1, -0.05) is 24.3 Å². The smallest absolute Gasteiger partial charge is 0.300 e. The summed E-state index contributed by atoms with van der Waals surface area (Å²) in [6.45, 7) is 4.21. The van der Waals surface area contributed by atoms with Crippen LogP contribution in [0.5, 0.6) is 5.75 Å². The number of aryl methyl sites for hydroxylation is 1. The van der Waals surface area contributed by atoms with Gasteiger partial charge in [-0.2, -0.15) is 0 Å². The summed E-state index contributed by atoms with van der Waals surface area (Å²) in [5, 5.41) is 12.2. The number of ether oxygens (including phenoxy) is 1. The first-order chi connectivity index (χ1) is 16.9. The minimum Gasteiger partial charge on any atom is -0.507 e. The number of Topliss-reactive ketones (excluding diaryl/α,β-unsaturated/α-hetero) is 1. The molecular formula is C28H23FN2O4. The second kappa shape index (κ2) is 8.76. The molecule has 2 N–H and O–H groups in total. The molecule has 5 rings (SSSR count). The van der Waals surface area contributed by atoms with Crippen molar-refractivity contribution in [3.8, 4) is 5.75 Å². The molecular weight excluding hydrogens is 447 g/mol. The highest BCUT2D eigenvalue weighted by Crippen LogP contribution is 2.44. The molecule has 1 aliphatic rings. The number of aromatic amines is 1. The Labute approximate surface area is 201 Å². The van der Waals surface area contributed by atoms with Crippen molar-refractivity contribution in [2.75, 3.05) is 11.5 Å². The Balaban J connectivity index is 1.75. The van der Waals surface area contributed by atoms with Crippen molar-refractivity contribution in [2.45, 2.75) is 19.9 Å². The van der Waals surface area contributed by atoms with Gasteiger partial charge in [-0.15, -0.1) is 0 Å². The molecule has 3 aromatic carbocycles. The highest BCUT2D eigenvalue weighted by molar-refractivity contribution is 6.51. The number of para-hydroxylation sites is 1. The Morgan fingerprint density at radius 3 is 2.63 bits per heavy atom. The minimum absolute atomic E-state index is 0.0624. The first-order valence-electron chi connectivity index (χ1n) is 11.3. The SMILES string of the molecule is CCOc1ccc(/C(O)=C2\C(=O)C(=O)N(c3cccc(F)c3)C2c2c[nH]c3ccccc23)cc1C. The standard InChI is InChI=1S/C28H23FN2O4/c1-3-35-23-12-11-17(13-16(23)2)26(32)24-25(21-15-30-22-10-5-4-9-20(21)22)31(28(34)27(24)33)19-8-6-7-18(29)14-19/h4-15,25,30,32H,3H2,1-2H3/b26-24+. The Hall–Kier alpha value is -4.39. The number of rotatable bonds is 5. The second-order valence-electron chi connectivity index (χ2n) is 8.35. The minimum atomic E-state index is -0.958. The average Bonchev–Trinajstić information content (AvgIpc) is 3.38. The fourth-order valence-electron chi connectivity index (χ4n) is 4.61. The van der Waals surface area contributed by atoms with Crippen LogP contribution < -0.4 is 9.64 Å². The topological polar surface area (TPSA) is 82.6 Å². The monoisotopic (exact) mass is 470 g/mol.